The van der Waals surface area contributed by atoms with Crippen LogP contribution in [0.5, 0.6) is 5.75 Å². The fourth-order valence-electron chi connectivity index (χ4n) is 3.39. The van der Waals surface area contributed by atoms with Crippen molar-refractivity contribution >= 4 is 11.8 Å². The van der Waals surface area contributed by atoms with Gasteiger partial charge in [-0.25, -0.2) is 0 Å². The Labute approximate surface area is 152 Å². The van der Waals surface area contributed by atoms with Crippen molar-refractivity contribution in [2.75, 3.05) is 18.6 Å². The van der Waals surface area contributed by atoms with E-state index in [9.17, 15) is 0 Å². The summed E-state index contributed by atoms with van der Waals surface area (Å²) >= 11 is 0. The fourth-order valence-corrected chi connectivity index (χ4v) is 3.39. The van der Waals surface area contributed by atoms with Gasteiger partial charge in [0.25, 0.3) is 0 Å². The number of anilines is 1. The van der Waals surface area contributed by atoms with Crippen molar-refractivity contribution in [3.05, 3.63) is 59.5 Å². The summed E-state index contributed by atoms with van der Waals surface area (Å²) in [5.74, 6) is 1.59. The van der Waals surface area contributed by atoms with Crippen LogP contribution in [0.2, 0.25) is 0 Å². The molecule has 0 aliphatic carbocycles. The lowest BCUT2D eigenvalue weighted by atomic mass is 9.97. The Morgan fingerprint density at radius 2 is 2.12 bits per heavy atom. The van der Waals surface area contributed by atoms with Crippen molar-refractivity contribution in [1.29, 1.82) is 0 Å². The molecule has 3 heterocycles. The van der Waals surface area contributed by atoms with Gasteiger partial charge in [-0.1, -0.05) is 17.3 Å². The molecule has 2 aromatic heterocycles. The number of nitrogens with zero attached hydrogens (tertiary/aromatic N) is 4. The molecule has 26 heavy (non-hydrogen) atoms. The average Bonchev–Trinajstić information content (AvgIpc) is 3.00. The number of methoxy groups -OCH3 is 1. The smallest absolute Gasteiger partial charge is 0.141 e. The summed E-state index contributed by atoms with van der Waals surface area (Å²) in [4.78, 5) is 10.8. The molecule has 0 spiro atoms. The Morgan fingerprint density at radius 3 is 2.81 bits per heavy atom. The second-order valence-electron chi connectivity index (χ2n) is 6.29. The summed E-state index contributed by atoms with van der Waals surface area (Å²) in [5.41, 5.74) is 6.03. The second-order valence-corrected chi connectivity index (χ2v) is 6.29. The summed E-state index contributed by atoms with van der Waals surface area (Å²) in [6.07, 6.45) is 9.50. The molecule has 132 valence electrons. The zero-order chi connectivity index (χ0) is 18.1. The van der Waals surface area contributed by atoms with Gasteiger partial charge in [0.2, 0.25) is 0 Å². The van der Waals surface area contributed by atoms with Gasteiger partial charge >= 0.3 is 0 Å². The van der Waals surface area contributed by atoms with E-state index >= 15 is 0 Å². The van der Waals surface area contributed by atoms with Crippen LogP contribution in [0.25, 0.3) is 17.2 Å². The minimum Gasteiger partial charge on any atom is -0.496 e. The van der Waals surface area contributed by atoms with E-state index in [2.05, 4.69) is 44.3 Å². The third kappa shape index (κ3) is 2.83. The van der Waals surface area contributed by atoms with Gasteiger partial charge in [0, 0.05) is 36.3 Å². The molecule has 0 saturated carbocycles. The molecule has 0 radical (unpaired) electrons. The molecule has 0 unspecified atom stereocenters. The van der Waals surface area contributed by atoms with Crippen molar-refractivity contribution in [3.63, 3.8) is 0 Å². The van der Waals surface area contributed by atoms with Crippen molar-refractivity contribution in [1.82, 2.24) is 15.1 Å². The molecule has 6 nitrogen and oxygen atoms in total. The molecular weight excluding hydrogens is 328 g/mol. The van der Waals surface area contributed by atoms with Crippen LogP contribution in [0.4, 0.5) is 5.69 Å². The molecule has 1 aromatic carbocycles. The Kier molecular flexibility index (Phi) is 4.16. The molecule has 1 aliphatic heterocycles. The fraction of sp³-hybridized carbons (Fsp3) is 0.250. The van der Waals surface area contributed by atoms with Gasteiger partial charge in [0.15, 0.2) is 0 Å². The van der Waals surface area contributed by atoms with Crippen LogP contribution in [0.15, 0.2) is 41.3 Å². The maximum atomic E-state index is 5.70. The van der Waals surface area contributed by atoms with Crippen molar-refractivity contribution in [3.8, 4) is 16.9 Å². The number of aryl methyl sites for hydroxylation is 2. The van der Waals surface area contributed by atoms with Crippen LogP contribution < -0.4 is 9.64 Å². The average molecular weight is 348 g/mol. The number of aromatic nitrogens is 3. The summed E-state index contributed by atoms with van der Waals surface area (Å²) in [6.45, 7) is 5.38. The van der Waals surface area contributed by atoms with Crippen LogP contribution in [-0.2, 0) is 6.54 Å². The van der Waals surface area contributed by atoms with Crippen molar-refractivity contribution < 1.29 is 9.26 Å². The predicted octanol–water partition coefficient (Wildman–Crippen LogP) is 3.79. The Hall–Kier alpha value is -3.15. The molecule has 0 saturated heterocycles. The molecule has 1 aliphatic rings. The summed E-state index contributed by atoms with van der Waals surface area (Å²) in [6, 6.07) is 4.22. The van der Waals surface area contributed by atoms with Gasteiger partial charge in [-0.05, 0) is 25.5 Å². The van der Waals surface area contributed by atoms with Gasteiger partial charge < -0.3 is 14.2 Å². The van der Waals surface area contributed by atoms with E-state index in [1.54, 1.807) is 25.7 Å². The molecule has 4 rings (SSSR count). The number of hydrogen-bond donors (Lipinski definition) is 0. The number of hydrogen-bond acceptors (Lipinski definition) is 6. The van der Waals surface area contributed by atoms with Crippen LogP contribution in [0.3, 0.4) is 0 Å². The third-order valence-electron chi connectivity index (χ3n) is 4.58. The monoisotopic (exact) mass is 348 g/mol. The van der Waals surface area contributed by atoms with E-state index in [1.165, 1.54) is 0 Å². The largest absolute Gasteiger partial charge is 0.496 e. The molecule has 0 amide bonds. The highest BCUT2D eigenvalue weighted by atomic mass is 16.5. The maximum absolute atomic E-state index is 5.70. The maximum Gasteiger partial charge on any atom is 0.141 e. The number of ether oxygens (including phenoxy) is 1. The molecule has 3 aromatic rings. The molecule has 0 fully saturated rings. The van der Waals surface area contributed by atoms with Crippen LogP contribution >= 0.6 is 0 Å². The molecule has 6 heteroatoms. The van der Waals surface area contributed by atoms with E-state index in [0.29, 0.717) is 6.54 Å². The first-order chi connectivity index (χ1) is 12.7. The summed E-state index contributed by atoms with van der Waals surface area (Å²) < 4.78 is 11.0. The van der Waals surface area contributed by atoms with Crippen LogP contribution in [0.1, 0.15) is 22.7 Å². The quantitative estimate of drug-likeness (QED) is 0.715. The van der Waals surface area contributed by atoms with Crippen molar-refractivity contribution in [2.24, 2.45) is 0 Å². The molecule has 0 bridgehead atoms. The van der Waals surface area contributed by atoms with E-state index in [4.69, 9.17) is 9.26 Å². The van der Waals surface area contributed by atoms with Crippen LogP contribution in [-0.4, -0.2) is 28.8 Å². The highest BCUT2D eigenvalue weighted by molar-refractivity contribution is 5.83. The van der Waals surface area contributed by atoms with E-state index in [0.717, 1.165) is 51.8 Å². The van der Waals surface area contributed by atoms with E-state index < -0.39 is 0 Å². The first-order valence-electron chi connectivity index (χ1n) is 8.49. The highest BCUT2D eigenvalue weighted by Gasteiger charge is 2.21. The lowest BCUT2D eigenvalue weighted by Crippen LogP contribution is -2.26. The van der Waals surface area contributed by atoms with Gasteiger partial charge in [-0.15, -0.1) is 0 Å². The first kappa shape index (κ1) is 16.3. The Morgan fingerprint density at radius 1 is 1.23 bits per heavy atom. The zero-order valence-electron chi connectivity index (χ0n) is 15.1. The van der Waals surface area contributed by atoms with Gasteiger partial charge in [-0.3, -0.25) is 9.97 Å². The number of fused-ring (bicyclic) bond motifs is 1. The minimum atomic E-state index is 0.693. The van der Waals surface area contributed by atoms with Crippen molar-refractivity contribution in [2.45, 2.75) is 20.4 Å². The molecule has 0 N–H and O–H groups in total. The Bertz CT molecular complexity index is 944. The minimum absolute atomic E-state index is 0.693. The summed E-state index contributed by atoms with van der Waals surface area (Å²) in [5, 5.41) is 4.08. The van der Waals surface area contributed by atoms with E-state index in [-0.39, 0.29) is 0 Å². The predicted molar refractivity (Wildman–Crippen MR) is 100 cm³/mol. The topological polar surface area (TPSA) is 64.3 Å². The first-order valence-corrected chi connectivity index (χ1v) is 8.49. The molecule has 0 atom stereocenters. The number of rotatable bonds is 4. The second kappa shape index (κ2) is 6.63. The van der Waals surface area contributed by atoms with Crippen LogP contribution in [0, 0.1) is 13.8 Å². The number of benzene rings is 1. The lowest BCUT2D eigenvalue weighted by molar-refractivity contribution is 0.393. The molecular formula is C20H20N4O2. The standard InChI is InChI=1S/C20H20N4O2/c1-13-20(14(2)26-23-13)17-9-15-5-4-8-24(18(15)10-19(17)25-3)12-16-11-21-6-7-22-16/h4-7,9-11H,8,12H2,1-3H3. The highest BCUT2D eigenvalue weighted by Crippen LogP contribution is 2.41. The van der Waals surface area contributed by atoms with Gasteiger partial charge in [-0.2, -0.15) is 0 Å². The zero-order valence-corrected chi connectivity index (χ0v) is 15.1. The lowest BCUT2D eigenvalue weighted by Gasteiger charge is -2.29. The summed E-state index contributed by atoms with van der Waals surface area (Å²) in [7, 11) is 1.69. The Balaban J connectivity index is 1.78. The van der Waals surface area contributed by atoms with Gasteiger partial charge in [0.05, 0.1) is 36.8 Å². The van der Waals surface area contributed by atoms with E-state index in [1.807, 2.05) is 13.8 Å². The SMILES string of the molecule is COc1cc2c(cc1-c1c(C)noc1C)C=CCN2Cc1cnccn1. The van der Waals surface area contributed by atoms with Gasteiger partial charge in [0.1, 0.15) is 11.5 Å². The third-order valence-corrected chi connectivity index (χ3v) is 4.58. The normalized spacial score (nSPS) is 13.0.